The monoisotopic (exact) mass is 1020 g/mol. The molecule has 8 nitrogen and oxygen atoms in total. The van der Waals surface area contributed by atoms with Crippen LogP contribution in [0.2, 0.25) is 0 Å². The van der Waals surface area contributed by atoms with Crippen molar-refractivity contribution in [2.24, 2.45) is 0 Å². The molecule has 9 heteroatoms. The van der Waals surface area contributed by atoms with Gasteiger partial charge in [0.25, 0.3) is 0 Å². The largest absolute Gasteiger partial charge is 0.472 e. The lowest BCUT2D eigenvalue weighted by Crippen LogP contribution is -2.46. The quantitative estimate of drug-likeness (QED) is 0.0243. The van der Waals surface area contributed by atoms with E-state index < -0.39 is 20.0 Å². The Morgan fingerprint density at radius 1 is 0.486 bits per heavy atom. The van der Waals surface area contributed by atoms with E-state index in [0.29, 0.717) is 23.9 Å². The highest BCUT2D eigenvalue weighted by Crippen LogP contribution is 2.43. The van der Waals surface area contributed by atoms with Gasteiger partial charge in [-0.15, -0.1) is 0 Å². The SMILES string of the molecule is CC/C=C\C/C=C\C/C=C\C/C=C\C/C=C\C/C=C\C/C=C\C/C=C\C/C=C\C/C=C\CCCCCCCCCCC(=O)NC(COP(=O)(O)OCC[N+](C)(C)C)C(O)CCCCCCCCCCCCC. The van der Waals surface area contributed by atoms with Crippen LogP contribution >= 0.6 is 7.82 Å². The third-order valence-electron chi connectivity index (χ3n) is 12.2. The predicted molar refractivity (Wildman–Crippen MR) is 313 cm³/mol. The van der Waals surface area contributed by atoms with Crippen molar-refractivity contribution in [1.82, 2.24) is 5.32 Å². The smallest absolute Gasteiger partial charge is 0.391 e. The van der Waals surface area contributed by atoms with Gasteiger partial charge in [0, 0.05) is 6.42 Å². The van der Waals surface area contributed by atoms with Crippen molar-refractivity contribution in [2.75, 3.05) is 40.9 Å². The lowest BCUT2D eigenvalue weighted by molar-refractivity contribution is -0.870. The van der Waals surface area contributed by atoms with E-state index in [1.54, 1.807) is 0 Å². The van der Waals surface area contributed by atoms with Gasteiger partial charge in [-0.05, 0) is 89.9 Å². The average molecular weight is 1020 g/mol. The number of hydrogen-bond donors (Lipinski definition) is 3. The summed E-state index contributed by atoms with van der Waals surface area (Å²) in [6.45, 7) is 4.74. The van der Waals surface area contributed by atoms with Gasteiger partial charge in [0.1, 0.15) is 13.2 Å². The number of quaternary nitrogens is 1. The molecule has 0 aromatic carbocycles. The van der Waals surface area contributed by atoms with Gasteiger partial charge in [-0.1, -0.05) is 245 Å². The number of rotatable bonds is 51. The molecule has 0 bridgehead atoms. The zero-order chi connectivity index (χ0) is 52.7. The molecule has 0 aromatic rings. The molecule has 72 heavy (non-hydrogen) atoms. The Morgan fingerprint density at radius 2 is 0.833 bits per heavy atom. The highest BCUT2D eigenvalue weighted by Gasteiger charge is 2.28. The van der Waals surface area contributed by atoms with Crippen LogP contribution in [0.4, 0.5) is 0 Å². The number of hydrogen-bond acceptors (Lipinski definition) is 5. The first kappa shape index (κ1) is 68.9. The number of aliphatic hydroxyl groups is 1. The fourth-order valence-electron chi connectivity index (χ4n) is 7.72. The topological polar surface area (TPSA) is 105 Å². The summed E-state index contributed by atoms with van der Waals surface area (Å²) in [6.07, 6.45) is 78.3. The van der Waals surface area contributed by atoms with Crippen molar-refractivity contribution in [3.05, 3.63) is 122 Å². The van der Waals surface area contributed by atoms with Gasteiger partial charge in [0.05, 0.1) is 39.9 Å². The van der Waals surface area contributed by atoms with Crippen molar-refractivity contribution in [1.29, 1.82) is 0 Å². The van der Waals surface area contributed by atoms with Gasteiger partial charge in [0.2, 0.25) is 5.91 Å². The molecular weight excluding hydrogens is 912 g/mol. The molecule has 0 aliphatic carbocycles. The first-order valence-electron chi connectivity index (χ1n) is 28.9. The van der Waals surface area contributed by atoms with E-state index in [2.05, 4.69) is 141 Å². The second-order valence-corrected chi connectivity index (χ2v) is 21.7. The van der Waals surface area contributed by atoms with E-state index in [0.717, 1.165) is 109 Å². The fourth-order valence-corrected chi connectivity index (χ4v) is 8.46. The number of unbranched alkanes of at least 4 members (excludes halogenated alkanes) is 18. The molecule has 0 fully saturated rings. The Balaban J connectivity index is 4.08. The summed E-state index contributed by atoms with van der Waals surface area (Å²) in [5.41, 5.74) is 0. The van der Waals surface area contributed by atoms with E-state index in [-0.39, 0.29) is 19.1 Å². The van der Waals surface area contributed by atoms with Gasteiger partial charge in [-0.3, -0.25) is 13.8 Å². The number of nitrogens with zero attached hydrogens (tertiary/aromatic N) is 1. The summed E-state index contributed by atoms with van der Waals surface area (Å²) in [4.78, 5) is 23.2. The first-order chi connectivity index (χ1) is 35.0. The van der Waals surface area contributed by atoms with Gasteiger partial charge >= 0.3 is 7.82 Å². The minimum atomic E-state index is -4.33. The number of nitrogens with one attached hydrogen (secondary N) is 1. The van der Waals surface area contributed by atoms with Gasteiger partial charge in [-0.25, -0.2) is 4.57 Å². The molecule has 0 aliphatic heterocycles. The lowest BCUT2D eigenvalue weighted by atomic mass is 10.0. The number of phosphoric ester groups is 1. The maximum absolute atomic E-state index is 13.0. The maximum Gasteiger partial charge on any atom is 0.472 e. The van der Waals surface area contributed by atoms with Crippen LogP contribution in [0.15, 0.2) is 122 Å². The molecule has 3 N–H and O–H groups in total. The third-order valence-corrected chi connectivity index (χ3v) is 13.2. The summed E-state index contributed by atoms with van der Waals surface area (Å²) in [6, 6.07) is -0.772. The normalized spacial score (nSPS) is 14.8. The van der Waals surface area contributed by atoms with Crippen LogP contribution in [-0.2, 0) is 18.4 Å². The zero-order valence-corrected chi connectivity index (χ0v) is 47.8. The number of allylic oxidation sites excluding steroid dienone is 20. The molecule has 0 aliphatic rings. The summed E-state index contributed by atoms with van der Waals surface area (Å²) in [7, 11) is 1.59. The fraction of sp³-hybridized carbons (Fsp3) is 0.667. The van der Waals surface area contributed by atoms with E-state index in [4.69, 9.17) is 9.05 Å². The van der Waals surface area contributed by atoms with E-state index in [1.807, 2.05) is 21.1 Å². The van der Waals surface area contributed by atoms with Crippen molar-refractivity contribution >= 4 is 13.7 Å². The molecule has 3 atom stereocenters. The molecule has 0 heterocycles. The molecular formula is C63H110N2O6P+. The molecule has 0 spiro atoms. The molecule has 0 saturated carbocycles. The Bertz CT molecular complexity index is 1580. The lowest BCUT2D eigenvalue weighted by Gasteiger charge is -2.26. The molecule has 0 saturated heterocycles. The van der Waals surface area contributed by atoms with E-state index in [1.165, 1.54) is 83.5 Å². The van der Waals surface area contributed by atoms with Crippen molar-refractivity contribution in [3.63, 3.8) is 0 Å². The summed E-state index contributed by atoms with van der Waals surface area (Å²) >= 11 is 0. The maximum atomic E-state index is 13.0. The highest BCUT2D eigenvalue weighted by atomic mass is 31.2. The molecule has 0 radical (unpaired) electrons. The number of phosphoric acid groups is 1. The average Bonchev–Trinajstić information content (AvgIpc) is 3.34. The second-order valence-electron chi connectivity index (χ2n) is 20.3. The first-order valence-corrected chi connectivity index (χ1v) is 30.4. The van der Waals surface area contributed by atoms with E-state index in [9.17, 15) is 19.4 Å². The Hall–Kier alpha value is -3.10. The molecule has 3 unspecified atom stereocenters. The molecule has 0 rings (SSSR count). The number of carbonyl (C=O) groups is 1. The van der Waals surface area contributed by atoms with E-state index >= 15 is 0 Å². The summed E-state index contributed by atoms with van der Waals surface area (Å²) in [5, 5.41) is 14.0. The third kappa shape index (κ3) is 54.7. The second kappa shape index (κ2) is 52.8. The summed E-state index contributed by atoms with van der Waals surface area (Å²) in [5.74, 6) is -0.159. The molecule has 412 valence electrons. The summed E-state index contributed by atoms with van der Waals surface area (Å²) < 4.78 is 23.7. The Labute approximate surface area is 444 Å². The highest BCUT2D eigenvalue weighted by molar-refractivity contribution is 7.47. The number of amides is 1. The standard InChI is InChI=1S/C63H109N2O6P/c1-6-8-10-12-14-16-18-19-20-21-22-23-24-25-26-27-28-29-30-31-32-33-34-35-36-37-38-39-40-41-42-43-44-45-47-49-51-53-55-57-63(67)64-61(60-71-72(68,69)70-59-58-65(3,4)5)62(66)56-54-52-50-48-46-17-15-13-11-9-7-2/h8,10,14,16,19-20,22-23,25-26,28-29,31-32,34-35,37-38,40-41,61-62,66H,6-7,9,11-13,15,17-18,21,24,27,30,33,36,39,42-60H2,1-5H3,(H-,64,67,68,69)/p+1/b10-8-,16-14-,20-19-,23-22-,26-25-,29-28-,32-31-,35-34-,38-37-,41-40-. The van der Waals surface area contributed by atoms with Gasteiger partial charge in [-0.2, -0.15) is 0 Å². The van der Waals surface area contributed by atoms with Gasteiger partial charge in [0.15, 0.2) is 0 Å². The Kier molecular flexibility index (Phi) is 50.5. The van der Waals surface area contributed by atoms with Gasteiger partial charge < -0.3 is 19.8 Å². The zero-order valence-electron chi connectivity index (χ0n) is 46.9. The van der Waals surface area contributed by atoms with Crippen LogP contribution in [-0.4, -0.2) is 73.4 Å². The number of likely N-dealkylation sites (N-methyl/N-ethyl adjacent to an activating group) is 1. The van der Waals surface area contributed by atoms with Crippen LogP contribution in [0.25, 0.3) is 0 Å². The van der Waals surface area contributed by atoms with Crippen molar-refractivity contribution in [2.45, 2.75) is 231 Å². The molecule has 1 amide bonds. The Morgan fingerprint density at radius 3 is 1.22 bits per heavy atom. The number of aliphatic hydroxyl groups excluding tert-OH is 1. The van der Waals surface area contributed by atoms with Crippen molar-refractivity contribution in [3.8, 4) is 0 Å². The van der Waals surface area contributed by atoms with Crippen LogP contribution in [0.1, 0.15) is 219 Å². The minimum Gasteiger partial charge on any atom is -0.391 e. The number of carbonyl (C=O) groups excluding carboxylic acids is 1. The predicted octanol–water partition coefficient (Wildman–Crippen LogP) is 17.8. The molecule has 0 aromatic heterocycles. The minimum absolute atomic E-state index is 0.0672. The van der Waals surface area contributed by atoms with Crippen LogP contribution in [0.5, 0.6) is 0 Å². The van der Waals surface area contributed by atoms with Crippen LogP contribution in [0, 0.1) is 0 Å². The van der Waals surface area contributed by atoms with Crippen LogP contribution in [0.3, 0.4) is 0 Å². The van der Waals surface area contributed by atoms with Crippen molar-refractivity contribution < 1.29 is 32.9 Å². The van der Waals surface area contributed by atoms with Crippen LogP contribution < -0.4 is 5.32 Å².